The first kappa shape index (κ1) is 20.6. The van der Waals surface area contributed by atoms with Gasteiger partial charge in [0.2, 0.25) is 5.60 Å². The van der Waals surface area contributed by atoms with Crippen LogP contribution in [-0.2, 0) is 5.60 Å². The number of halogens is 3. The number of fused-ring (bicyclic) bond motifs is 3. The standard InChI is InChI=1S/C22H21F3N2O3/c1-12-6-16(14-8-26-27(9-14)15(10-28)11-29)20-18(7-12)21(30,22(23,24)25)17-5-3-4-13(2)19(17)20/h3-9,15,28-30H,10-11H2,1-2H3. The van der Waals surface area contributed by atoms with Crippen LogP contribution < -0.4 is 0 Å². The van der Waals surface area contributed by atoms with Gasteiger partial charge in [0.05, 0.1) is 25.5 Å². The second-order valence-electron chi connectivity index (χ2n) is 7.67. The van der Waals surface area contributed by atoms with Gasteiger partial charge in [-0.15, -0.1) is 0 Å². The van der Waals surface area contributed by atoms with E-state index in [2.05, 4.69) is 5.10 Å². The van der Waals surface area contributed by atoms with E-state index in [1.807, 2.05) is 0 Å². The van der Waals surface area contributed by atoms with Crippen molar-refractivity contribution in [2.75, 3.05) is 13.2 Å². The molecule has 3 aromatic rings. The van der Waals surface area contributed by atoms with E-state index in [4.69, 9.17) is 0 Å². The molecule has 4 rings (SSSR count). The predicted octanol–water partition coefficient (Wildman–Crippen LogP) is 3.47. The normalized spacial score (nSPS) is 18.0. The smallest absolute Gasteiger partial charge is 0.394 e. The molecule has 1 aromatic heterocycles. The highest BCUT2D eigenvalue weighted by molar-refractivity contribution is 5.94. The van der Waals surface area contributed by atoms with Crippen LogP contribution in [0, 0.1) is 13.8 Å². The zero-order valence-electron chi connectivity index (χ0n) is 16.4. The fourth-order valence-electron chi connectivity index (χ4n) is 4.22. The van der Waals surface area contributed by atoms with E-state index >= 15 is 0 Å². The summed E-state index contributed by atoms with van der Waals surface area (Å²) >= 11 is 0. The number of aromatic nitrogens is 2. The molecule has 0 fully saturated rings. The van der Waals surface area contributed by atoms with Gasteiger partial charge in [-0.25, -0.2) is 0 Å². The molecule has 0 aliphatic heterocycles. The van der Waals surface area contributed by atoms with Gasteiger partial charge in [0.15, 0.2) is 0 Å². The van der Waals surface area contributed by atoms with E-state index in [1.54, 1.807) is 32.2 Å². The highest BCUT2D eigenvalue weighted by Crippen LogP contribution is 2.58. The van der Waals surface area contributed by atoms with Gasteiger partial charge in [0.1, 0.15) is 0 Å². The molecule has 8 heteroatoms. The van der Waals surface area contributed by atoms with Gasteiger partial charge in [-0.2, -0.15) is 18.3 Å². The summed E-state index contributed by atoms with van der Waals surface area (Å²) in [5, 5.41) is 34.0. The monoisotopic (exact) mass is 418 g/mol. The third kappa shape index (κ3) is 2.79. The molecule has 1 heterocycles. The molecule has 2 aromatic carbocycles. The largest absolute Gasteiger partial charge is 0.425 e. The van der Waals surface area contributed by atoms with Crippen molar-refractivity contribution in [3.63, 3.8) is 0 Å². The van der Waals surface area contributed by atoms with Crippen molar-refractivity contribution in [2.45, 2.75) is 31.7 Å². The Morgan fingerprint density at radius 1 is 1.07 bits per heavy atom. The molecule has 30 heavy (non-hydrogen) atoms. The second kappa shape index (κ2) is 6.94. The molecule has 0 saturated heterocycles. The van der Waals surface area contributed by atoms with Gasteiger partial charge in [-0.1, -0.05) is 35.9 Å². The first-order valence-electron chi connectivity index (χ1n) is 9.44. The average molecular weight is 418 g/mol. The fraction of sp³-hybridized carbons (Fsp3) is 0.318. The number of hydrogen-bond acceptors (Lipinski definition) is 4. The zero-order valence-corrected chi connectivity index (χ0v) is 16.4. The summed E-state index contributed by atoms with van der Waals surface area (Å²) in [7, 11) is 0. The molecule has 0 amide bonds. The molecule has 1 aliphatic rings. The van der Waals surface area contributed by atoms with Crippen LogP contribution in [0.3, 0.4) is 0 Å². The first-order valence-corrected chi connectivity index (χ1v) is 9.44. The number of rotatable bonds is 4. The average Bonchev–Trinajstić information content (AvgIpc) is 3.26. The maximum Gasteiger partial charge on any atom is 0.425 e. The van der Waals surface area contributed by atoms with Crippen molar-refractivity contribution in [3.05, 3.63) is 65.0 Å². The first-order chi connectivity index (χ1) is 14.1. The Hall–Kier alpha value is -2.68. The van der Waals surface area contributed by atoms with Gasteiger partial charge in [0.25, 0.3) is 0 Å². The maximum atomic E-state index is 14.2. The van der Waals surface area contributed by atoms with Crippen molar-refractivity contribution in [2.24, 2.45) is 0 Å². The van der Waals surface area contributed by atoms with Crippen LogP contribution in [0.25, 0.3) is 22.3 Å². The molecule has 0 saturated carbocycles. The number of benzene rings is 2. The van der Waals surface area contributed by atoms with Crippen LogP contribution in [-0.4, -0.2) is 44.5 Å². The summed E-state index contributed by atoms with van der Waals surface area (Å²) in [5.74, 6) is 0. The van der Waals surface area contributed by atoms with Gasteiger partial charge >= 0.3 is 6.18 Å². The van der Waals surface area contributed by atoms with Crippen molar-refractivity contribution < 1.29 is 28.5 Å². The number of aryl methyl sites for hydroxylation is 2. The van der Waals surface area contributed by atoms with E-state index in [9.17, 15) is 28.5 Å². The minimum Gasteiger partial charge on any atom is -0.394 e. The van der Waals surface area contributed by atoms with E-state index in [1.165, 1.54) is 29.1 Å². The number of aliphatic hydroxyl groups excluding tert-OH is 2. The molecule has 3 N–H and O–H groups in total. The van der Waals surface area contributed by atoms with Gasteiger partial charge < -0.3 is 15.3 Å². The Labute approximate surface area is 171 Å². The lowest BCUT2D eigenvalue weighted by atomic mass is 9.88. The molecule has 0 radical (unpaired) electrons. The summed E-state index contributed by atoms with van der Waals surface area (Å²) in [5.41, 5.74) is -0.618. The molecule has 1 aliphatic carbocycles. The fourth-order valence-corrected chi connectivity index (χ4v) is 4.22. The third-order valence-corrected chi connectivity index (χ3v) is 5.70. The van der Waals surface area contributed by atoms with E-state index in [-0.39, 0.29) is 24.3 Å². The Balaban J connectivity index is 2.04. The quantitative estimate of drug-likeness (QED) is 0.606. The van der Waals surface area contributed by atoms with Gasteiger partial charge in [0, 0.05) is 22.9 Å². The van der Waals surface area contributed by atoms with Crippen molar-refractivity contribution in [1.29, 1.82) is 0 Å². The van der Waals surface area contributed by atoms with Crippen LogP contribution in [0.1, 0.15) is 28.3 Å². The topological polar surface area (TPSA) is 78.5 Å². The number of hydrogen-bond donors (Lipinski definition) is 3. The summed E-state index contributed by atoms with van der Waals surface area (Å²) < 4.78 is 43.9. The lowest BCUT2D eigenvalue weighted by Crippen LogP contribution is -2.41. The summed E-state index contributed by atoms with van der Waals surface area (Å²) in [4.78, 5) is 0. The molecule has 0 spiro atoms. The lowest BCUT2D eigenvalue weighted by molar-refractivity contribution is -0.246. The van der Waals surface area contributed by atoms with Crippen molar-refractivity contribution in [1.82, 2.24) is 9.78 Å². The third-order valence-electron chi connectivity index (χ3n) is 5.70. The summed E-state index contributed by atoms with van der Waals surface area (Å²) in [6.45, 7) is 2.72. The van der Waals surface area contributed by atoms with Crippen LogP contribution in [0.5, 0.6) is 0 Å². The minimum absolute atomic E-state index is 0.187. The Morgan fingerprint density at radius 3 is 2.40 bits per heavy atom. The summed E-state index contributed by atoms with van der Waals surface area (Å²) in [6.07, 6.45) is -1.85. The molecule has 158 valence electrons. The zero-order chi connectivity index (χ0) is 21.8. The second-order valence-corrected chi connectivity index (χ2v) is 7.67. The molecule has 0 bridgehead atoms. The highest BCUT2D eigenvalue weighted by atomic mass is 19.4. The summed E-state index contributed by atoms with van der Waals surface area (Å²) in [6, 6.07) is 7.01. The Morgan fingerprint density at radius 2 is 1.77 bits per heavy atom. The van der Waals surface area contributed by atoms with Crippen LogP contribution in [0.2, 0.25) is 0 Å². The molecular formula is C22H21F3N2O3. The van der Waals surface area contributed by atoms with Gasteiger partial charge in [-0.05, 0) is 36.1 Å². The van der Waals surface area contributed by atoms with Crippen LogP contribution in [0.4, 0.5) is 13.2 Å². The van der Waals surface area contributed by atoms with Crippen LogP contribution in [0.15, 0.2) is 42.7 Å². The lowest BCUT2D eigenvalue weighted by Gasteiger charge is -2.28. The molecule has 1 unspecified atom stereocenters. The number of alkyl halides is 3. The highest BCUT2D eigenvalue weighted by Gasteiger charge is 2.61. The number of aliphatic hydroxyl groups is 3. The van der Waals surface area contributed by atoms with Crippen molar-refractivity contribution >= 4 is 0 Å². The molecule has 5 nitrogen and oxygen atoms in total. The molecular weight excluding hydrogens is 397 g/mol. The maximum absolute atomic E-state index is 14.2. The SMILES string of the molecule is Cc1cc(-c2cnn(C(CO)CO)c2)c2c(c1)C(O)(C(F)(F)F)c1cccc(C)c1-2. The van der Waals surface area contributed by atoms with E-state index in [0.717, 1.165) is 0 Å². The Bertz CT molecular complexity index is 1120. The van der Waals surface area contributed by atoms with E-state index in [0.29, 0.717) is 33.4 Å². The predicted molar refractivity (Wildman–Crippen MR) is 105 cm³/mol. The Kier molecular flexibility index (Phi) is 4.76. The van der Waals surface area contributed by atoms with Crippen molar-refractivity contribution in [3.8, 4) is 22.3 Å². The van der Waals surface area contributed by atoms with E-state index < -0.39 is 17.8 Å². The number of nitrogens with zero attached hydrogens (tertiary/aromatic N) is 2. The minimum atomic E-state index is -4.91. The molecule has 1 atom stereocenters. The van der Waals surface area contributed by atoms with Gasteiger partial charge in [-0.3, -0.25) is 4.68 Å². The van der Waals surface area contributed by atoms with Crippen LogP contribution >= 0.6 is 0 Å².